The summed E-state index contributed by atoms with van der Waals surface area (Å²) in [5, 5.41) is 5.71. The average Bonchev–Trinajstić information content (AvgIpc) is 2.68. The number of ether oxygens (including phenoxy) is 1. The summed E-state index contributed by atoms with van der Waals surface area (Å²) in [7, 11) is -2.01. The predicted molar refractivity (Wildman–Crippen MR) is 107 cm³/mol. The van der Waals surface area contributed by atoms with Gasteiger partial charge in [-0.2, -0.15) is 4.31 Å². The molecule has 0 saturated carbocycles. The van der Waals surface area contributed by atoms with Gasteiger partial charge in [-0.3, -0.25) is 4.79 Å². The van der Waals surface area contributed by atoms with Crippen molar-refractivity contribution in [1.82, 2.24) is 4.31 Å². The van der Waals surface area contributed by atoms with Gasteiger partial charge in [0.1, 0.15) is 5.75 Å². The highest BCUT2D eigenvalue weighted by atomic mass is 32.2. The van der Waals surface area contributed by atoms with Crippen LogP contribution in [0.1, 0.15) is 13.8 Å². The molecule has 2 aromatic carbocycles. The summed E-state index contributed by atoms with van der Waals surface area (Å²) in [6.07, 6.45) is 0. The van der Waals surface area contributed by atoms with Crippen molar-refractivity contribution < 1.29 is 17.9 Å². The van der Waals surface area contributed by atoms with Gasteiger partial charge >= 0.3 is 0 Å². The van der Waals surface area contributed by atoms with Crippen LogP contribution in [0, 0.1) is 0 Å². The summed E-state index contributed by atoms with van der Waals surface area (Å²) >= 11 is 0. The van der Waals surface area contributed by atoms with Gasteiger partial charge in [0, 0.05) is 18.8 Å². The summed E-state index contributed by atoms with van der Waals surface area (Å²) in [6, 6.07) is 13.6. The molecule has 0 aromatic heterocycles. The number of nitrogens with zero attached hydrogens (tertiary/aromatic N) is 1. The Morgan fingerprint density at radius 3 is 2.44 bits per heavy atom. The van der Waals surface area contributed by atoms with E-state index in [2.05, 4.69) is 10.6 Å². The van der Waals surface area contributed by atoms with Gasteiger partial charge in [-0.25, -0.2) is 8.42 Å². The minimum atomic E-state index is -3.54. The van der Waals surface area contributed by atoms with E-state index in [0.717, 1.165) is 0 Å². The first-order valence-electron chi connectivity index (χ1n) is 8.69. The molecular formula is C19H25N3O4S. The smallest absolute Gasteiger partial charge is 0.243 e. The minimum Gasteiger partial charge on any atom is -0.495 e. The monoisotopic (exact) mass is 391 g/mol. The molecule has 0 spiro atoms. The maximum absolute atomic E-state index is 12.6. The molecule has 27 heavy (non-hydrogen) atoms. The van der Waals surface area contributed by atoms with Gasteiger partial charge in [0.05, 0.1) is 24.2 Å². The van der Waals surface area contributed by atoms with Crippen molar-refractivity contribution in [2.75, 3.05) is 37.4 Å². The van der Waals surface area contributed by atoms with E-state index in [1.165, 1.54) is 17.5 Å². The highest BCUT2D eigenvalue weighted by molar-refractivity contribution is 7.89. The highest BCUT2D eigenvalue weighted by Gasteiger charge is 2.21. The molecule has 0 aliphatic carbocycles. The molecular weight excluding hydrogens is 366 g/mol. The van der Waals surface area contributed by atoms with E-state index in [0.29, 0.717) is 30.2 Å². The summed E-state index contributed by atoms with van der Waals surface area (Å²) in [4.78, 5) is 12.4. The van der Waals surface area contributed by atoms with Gasteiger partial charge in [0.2, 0.25) is 15.9 Å². The second kappa shape index (κ2) is 9.38. The number of carbonyl (C=O) groups excluding carboxylic acids is 1. The number of sulfonamides is 1. The number of para-hydroxylation sites is 2. The standard InChI is InChI=1S/C19H25N3O4S/c1-4-22(5-2)27(24,25)16-10-8-9-15(13-16)20-14-19(23)21-17-11-6-7-12-18(17)26-3/h6-13,20H,4-5,14H2,1-3H3,(H,21,23). The average molecular weight is 391 g/mol. The Kier molecular flexibility index (Phi) is 7.20. The Labute approximate surface area is 160 Å². The van der Waals surface area contributed by atoms with Crippen LogP contribution in [0.25, 0.3) is 0 Å². The number of nitrogens with one attached hydrogen (secondary N) is 2. The molecule has 2 rings (SSSR count). The zero-order valence-electron chi connectivity index (χ0n) is 15.7. The van der Waals surface area contributed by atoms with Crippen LogP contribution < -0.4 is 15.4 Å². The molecule has 1 amide bonds. The molecule has 0 fully saturated rings. The van der Waals surface area contributed by atoms with Crippen LogP contribution in [-0.2, 0) is 14.8 Å². The van der Waals surface area contributed by atoms with Crippen LogP contribution >= 0.6 is 0 Å². The number of rotatable bonds is 9. The van der Waals surface area contributed by atoms with Crippen LogP contribution in [0.2, 0.25) is 0 Å². The molecule has 7 nitrogen and oxygen atoms in total. The topological polar surface area (TPSA) is 87.7 Å². The third kappa shape index (κ3) is 5.21. The fourth-order valence-electron chi connectivity index (χ4n) is 2.60. The first-order chi connectivity index (χ1) is 12.9. The Bertz CT molecular complexity index is 880. The van der Waals surface area contributed by atoms with Crippen molar-refractivity contribution in [3.8, 4) is 5.75 Å². The SMILES string of the molecule is CCN(CC)S(=O)(=O)c1cccc(NCC(=O)Nc2ccccc2OC)c1. The molecule has 8 heteroatoms. The highest BCUT2D eigenvalue weighted by Crippen LogP contribution is 2.23. The maximum Gasteiger partial charge on any atom is 0.243 e. The molecule has 2 aromatic rings. The number of methoxy groups -OCH3 is 1. The molecule has 0 aliphatic rings. The van der Waals surface area contributed by atoms with Crippen LogP contribution in [0.4, 0.5) is 11.4 Å². The van der Waals surface area contributed by atoms with Crippen molar-refractivity contribution in [3.63, 3.8) is 0 Å². The molecule has 146 valence electrons. The van der Waals surface area contributed by atoms with E-state index in [1.54, 1.807) is 50.2 Å². The molecule has 0 aliphatic heterocycles. The maximum atomic E-state index is 12.6. The van der Waals surface area contributed by atoms with Gasteiger partial charge < -0.3 is 15.4 Å². The second-order valence-corrected chi connectivity index (χ2v) is 7.66. The van der Waals surface area contributed by atoms with Crippen molar-refractivity contribution in [3.05, 3.63) is 48.5 Å². The molecule has 0 atom stereocenters. The van der Waals surface area contributed by atoms with E-state index >= 15 is 0 Å². The van der Waals surface area contributed by atoms with E-state index in [-0.39, 0.29) is 17.3 Å². The molecule has 0 saturated heterocycles. The van der Waals surface area contributed by atoms with Gasteiger partial charge in [-0.05, 0) is 30.3 Å². The summed E-state index contributed by atoms with van der Waals surface area (Å²) in [5.74, 6) is 0.301. The van der Waals surface area contributed by atoms with Crippen molar-refractivity contribution in [2.45, 2.75) is 18.7 Å². The van der Waals surface area contributed by atoms with Crippen LogP contribution in [0.5, 0.6) is 5.75 Å². The lowest BCUT2D eigenvalue weighted by Crippen LogP contribution is -2.30. The lowest BCUT2D eigenvalue weighted by molar-refractivity contribution is -0.114. The van der Waals surface area contributed by atoms with Gasteiger partial charge in [0.25, 0.3) is 0 Å². The summed E-state index contributed by atoms with van der Waals surface area (Å²) < 4.78 is 31.8. The normalized spacial score (nSPS) is 11.3. The number of hydrogen-bond acceptors (Lipinski definition) is 5. The number of anilines is 2. The van der Waals surface area contributed by atoms with E-state index in [9.17, 15) is 13.2 Å². The van der Waals surface area contributed by atoms with Crippen LogP contribution in [-0.4, -0.2) is 45.4 Å². The fourth-order valence-corrected chi connectivity index (χ4v) is 4.11. The number of carbonyl (C=O) groups is 1. The predicted octanol–water partition coefficient (Wildman–Crippen LogP) is 2.78. The number of benzene rings is 2. The minimum absolute atomic E-state index is 0.00712. The Hall–Kier alpha value is -2.58. The van der Waals surface area contributed by atoms with Crippen LogP contribution in [0.15, 0.2) is 53.4 Å². The van der Waals surface area contributed by atoms with Crippen molar-refractivity contribution in [1.29, 1.82) is 0 Å². The van der Waals surface area contributed by atoms with Crippen LogP contribution in [0.3, 0.4) is 0 Å². The molecule has 0 heterocycles. The molecule has 0 bridgehead atoms. The third-order valence-corrected chi connectivity index (χ3v) is 6.06. The van der Waals surface area contributed by atoms with E-state index in [1.807, 2.05) is 6.07 Å². The summed E-state index contributed by atoms with van der Waals surface area (Å²) in [5.41, 5.74) is 1.13. The Balaban J connectivity index is 2.05. The molecule has 2 N–H and O–H groups in total. The zero-order chi connectivity index (χ0) is 19.9. The Morgan fingerprint density at radius 1 is 1.07 bits per heavy atom. The van der Waals surface area contributed by atoms with Gasteiger partial charge in [-0.1, -0.05) is 32.0 Å². The van der Waals surface area contributed by atoms with Crippen molar-refractivity contribution >= 4 is 27.3 Å². The van der Waals surface area contributed by atoms with Crippen molar-refractivity contribution in [2.24, 2.45) is 0 Å². The first kappa shape index (κ1) is 20.7. The third-order valence-electron chi connectivity index (χ3n) is 4.01. The number of hydrogen-bond donors (Lipinski definition) is 2. The van der Waals surface area contributed by atoms with E-state index in [4.69, 9.17) is 4.74 Å². The molecule has 0 radical (unpaired) electrons. The lowest BCUT2D eigenvalue weighted by Gasteiger charge is -2.19. The lowest BCUT2D eigenvalue weighted by atomic mass is 10.3. The Morgan fingerprint density at radius 2 is 1.78 bits per heavy atom. The molecule has 0 unspecified atom stereocenters. The van der Waals surface area contributed by atoms with Gasteiger partial charge in [0.15, 0.2) is 0 Å². The summed E-state index contributed by atoms with van der Waals surface area (Å²) in [6.45, 7) is 4.39. The van der Waals surface area contributed by atoms with Gasteiger partial charge in [-0.15, -0.1) is 0 Å². The fraction of sp³-hybridized carbons (Fsp3) is 0.316. The second-order valence-electron chi connectivity index (χ2n) is 5.72. The quantitative estimate of drug-likeness (QED) is 0.686. The van der Waals surface area contributed by atoms with E-state index < -0.39 is 10.0 Å². The first-order valence-corrected chi connectivity index (χ1v) is 10.1. The zero-order valence-corrected chi connectivity index (χ0v) is 16.5. The largest absolute Gasteiger partial charge is 0.495 e. The number of amides is 1.